The van der Waals surface area contributed by atoms with Gasteiger partial charge >= 0.3 is 5.97 Å². The van der Waals surface area contributed by atoms with Crippen LogP contribution < -0.4 is 0 Å². The van der Waals surface area contributed by atoms with E-state index in [0.717, 1.165) is 25.9 Å². The van der Waals surface area contributed by atoms with Crippen LogP contribution in [-0.2, 0) is 19.1 Å². The molecule has 0 aromatic rings. The molecule has 0 aromatic carbocycles. The number of Topliss-reactive ketones (excluding diaryl/α,β-unsaturated/α-hetero) is 1. The molecule has 36 heavy (non-hydrogen) atoms. The van der Waals surface area contributed by atoms with Crippen molar-refractivity contribution in [2.45, 2.75) is 109 Å². The Kier molecular flexibility index (Phi) is 6.83. The lowest BCUT2D eigenvalue weighted by Gasteiger charge is -2.71. The van der Waals surface area contributed by atoms with Crippen LogP contribution in [0.25, 0.3) is 0 Å². The van der Waals surface area contributed by atoms with Crippen molar-refractivity contribution in [3.8, 4) is 0 Å². The lowest BCUT2D eigenvalue weighted by Crippen LogP contribution is -2.86. The van der Waals surface area contributed by atoms with Gasteiger partial charge in [0.1, 0.15) is 17.8 Å². The normalized spacial score (nSPS) is 47.5. The van der Waals surface area contributed by atoms with Crippen LogP contribution in [0.15, 0.2) is 12.7 Å². The molecule has 2 saturated carbocycles. The summed E-state index contributed by atoms with van der Waals surface area (Å²) in [6.07, 6.45) is 0.705. The van der Waals surface area contributed by atoms with Gasteiger partial charge in [0.25, 0.3) is 0 Å². The van der Waals surface area contributed by atoms with Gasteiger partial charge in [-0.05, 0) is 64.0 Å². The zero-order chi connectivity index (χ0) is 26.9. The van der Waals surface area contributed by atoms with Crippen molar-refractivity contribution in [3.63, 3.8) is 0 Å². The maximum atomic E-state index is 13.8. The first-order valence-electron chi connectivity index (χ1n) is 13.4. The summed E-state index contributed by atoms with van der Waals surface area (Å²) in [6, 6.07) is 0. The SMILES string of the molecule is C=C[C@@]1(C)CC(=O)[C@]2(O)[C@@]3(C)[C@@H](O)CCC(C)(C)[C@@H]3[C@H](OC(=O)CN3CCC(C)CC3)[C@H](O)[C@@]2(C)O1. The van der Waals surface area contributed by atoms with E-state index in [4.69, 9.17) is 9.47 Å². The monoisotopic (exact) mass is 507 g/mol. The number of nitrogens with zero attached hydrogens (tertiary/aromatic N) is 1. The van der Waals surface area contributed by atoms with Gasteiger partial charge in [-0.2, -0.15) is 0 Å². The number of carbonyl (C=O) groups excluding carboxylic acids is 2. The van der Waals surface area contributed by atoms with Crippen LogP contribution in [-0.4, -0.2) is 86.7 Å². The lowest BCUT2D eigenvalue weighted by atomic mass is 9.40. The molecule has 8 heteroatoms. The summed E-state index contributed by atoms with van der Waals surface area (Å²) in [5.41, 5.74) is -7.13. The van der Waals surface area contributed by atoms with Crippen LogP contribution >= 0.6 is 0 Å². The number of likely N-dealkylation sites (tertiary alicyclic amines) is 1. The number of ketones is 1. The molecule has 3 N–H and O–H groups in total. The second-order valence-corrected chi connectivity index (χ2v) is 13.2. The van der Waals surface area contributed by atoms with Gasteiger partial charge < -0.3 is 24.8 Å². The number of fused-ring (bicyclic) bond motifs is 3. The van der Waals surface area contributed by atoms with Crippen molar-refractivity contribution in [3.05, 3.63) is 12.7 Å². The van der Waals surface area contributed by atoms with Gasteiger partial charge in [0, 0.05) is 17.8 Å². The highest BCUT2D eigenvalue weighted by Crippen LogP contribution is 2.67. The Labute approximate surface area is 215 Å². The Morgan fingerprint density at radius 1 is 1.17 bits per heavy atom. The minimum atomic E-state index is -2.20. The van der Waals surface area contributed by atoms with Crippen LogP contribution in [0, 0.1) is 22.7 Å². The van der Waals surface area contributed by atoms with Gasteiger partial charge in [0.15, 0.2) is 11.4 Å². The topological polar surface area (TPSA) is 117 Å². The number of piperidine rings is 1. The number of hydrogen-bond acceptors (Lipinski definition) is 8. The standard InChI is InChI=1S/C28H45NO7/c1-8-25(5)15-19(31)28(34)26(6)18(30)9-12-24(3,4)22(26)21(23(33)27(28,7)36-25)35-20(32)16-29-13-10-17(2)11-14-29/h8,17-18,21-23,30,33-34H,1,9-16H2,2-7H3/t18-,21-,22-,23-,25-,26-,27+,28-/m0/s1. The first-order valence-corrected chi connectivity index (χ1v) is 13.4. The fourth-order valence-corrected chi connectivity index (χ4v) is 8.00. The molecule has 0 amide bonds. The third kappa shape index (κ3) is 3.82. The summed E-state index contributed by atoms with van der Waals surface area (Å²) in [5, 5.41) is 35.6. The molecule has 2 saturated heterocycles. The number of aliphatic hydroxyl groups excluding tert-OH is 2. The molecule has 0 radical (unpaired) electrons. The zero-order valence-electron chi connectivity index (χ0n) is 22.7. The second kappa shape index (κ2) is 8.87. The molecule has 2 aliphatic heterocycles. The Morgan fingerprint density at radius 3 is 2.36 bits per heavy atom. The number of carbonyl (C=O) groups is 2. The molecule has 2 aliphatic carbocycles. The van der Waals surface area contributed by atoms with E-state index in [1.165, 1.54) is 13.0 Å². The van der Waals surface area contributed by atoms with Crippen molar-refractivity contribution in [1.82, 2.24) is 4.90 Å². The van der Waals surface area contributed by atoms with Crippen molar-refractivity contribution >= 4 is 11.8 Å². The van der Waals surface area contributed by atoms with E-state index < -0.39 is 63.6 Å². The molecule has 0 bridgehead atoms. The number of ether oxygens (including phenoxy) is 2. The van der Waals surface area contributed by atoms with Gasteiger partial charge in [0.2, 0.25) is 0 Å². The summed E-state index contributed by atoms with van der Waals surface area (Å²) in [4.78, 5) is 29.1. The first-order chi connectivity index (χ1) is 16.6. The van der Waals surface area contributed by atoms with Gasteiger partial charge in [0.05, 0.1) is 18.2 Å². The Hall–Kier alpha value is -1.32. The predicted octanol–water partition coefficient (Wildman–Crippen LogP) is 2.23. The van der Waals surface area contributed by atoms with Gasteiger partial charge in [-0.3, -0.25) is 14.5 Å². The highest BCUT2D eigenvalue weighted by Gasteiger charge is 2.81. The number of rotatable bonds is 4. The van der Waals surface area contributed by atoms with Gasteiger partial charge in [-0.1, -0.05) is 33.8 Å². The number of aliphatic hydroxyl groups is 3. The van der Waals surface area contributed by atoms with E-state index >= 15 is 0 Å². The Balaban J connectivity index is 1.77. The molecule has 204 valence electrons. The second-order valence-electron chi connectivity index (χ2n) is 13.2. The average Bonchev–Trinajstić information content (AvgIpc) is 2.79. The zero-order valence-corrected chi connectivity index (χ0v) is 22.7. The van der Waals surface area contributed by atoms with Crippen molar-refractivity contribution in [2.75, 3.05) is 19.6 Å². The molecule has 0 unspecified atom stereocenters. The fourth-order valence-electron chi connectivity index (χ4n) is 8.00. The van der Waals surface area contributed by atoms with E-state index in [9.17, 15) is 24.9 Å². The molecular formula is C28H45NO7. The Bertz CT molecular complexity index is 914. The molecule has 4 rings (SSSR count). The summed E-state index contributed by atoms with van der Waals surface area (Å²) in [5.74, 6) is -1.03. The lowest BCUT2D eigenvalue weighted by molar-refractivity contribution is -0.370. The Morgan fingerprint density at radius 2 is 1.78 bits per heavy atom. The molecular weight excluding hydrogens is 462 g/mol. The fraction of sp³-hybridized carbons (Fsp3) is 0.857. The van der Waals surface area contributed by atoms with Crippen molar-refractivity contribution in [1.29, 1.82) is 0 Å². The molecule has 0 spiro atoms. The quantitative estimate of drug-likeness (QED) is 0.392. The maximum absolute atomic E-state index is 13.8. The molecule has 8 atom stereocenters. The van der Waals surface area contributed by atoms with E-state index in [0.29, 0.717) is 18.8 Å². The van der Waals surface area contributed by atoms with E-state index in [1.54, 1.807) is 13.8 Å². The highest BCUT2D eigenvalue weighted by molar-refractivity contribution is 5.92. The number of hydrogen-bond donors (Lipinski definition) is 3. The summed E-state index contributed by atoms with van der Waals surface area (Å²) < 4.78 is 12.4. The molecule has 8 nitrogen and oxygen atoms in total. The van der Waals surface area contributed by atoms with Crippen LogP contribution in [0.2, 0.25) is 0 Å². The van der Waals surface area contributed by atoms with Gasteiger partial charge in [-0.25, -0.2) is 0 Å². The third-order valence-electron chi connectivity index (χ3n) is 10.2. The van der Waals surface area contributed by atoms with Crippen LogP contribution in [0.4, 0.5) is 0 Å². The smallest absolute Gasteiger partial charge is 0.320 e. The summed E-state index contributed by atoms with van der Waals surface area (Å²) in [6.45, 7) is 16.6. The third-order valence-corrected chi connectivity index (χ3v) is 10.2. The minimum absolute atomic E-state index is 0.105. The van der Waals surface area contributed by atoms with E-state index in [2.05, 4.69) is 18.4 Å². The van der Waals surface area contributed by atoms with Crippen LogP contribution in [0.5, 0.6) is 0 Å². The first kappa shape index (κ1) is 27.7. The highest BCUT2D eigenvalue weighted by atomic mass is 16.6. The molecule has 2 heterocycles. The minimum Gasteiger partial charge on any atom is -0.458 e. The van der Waals surface area contributed by atoms with E-state index in [1.807, 2.05) is 13.8 Å². The molecule has 0 aromatic heterocycles. The maximum Gasteiger partial charge on any atom is 0.320 e. The van der Waals surface area contributed by atoms with E-state index in [-0.39, 0.29) is 13.0 Å². The molecule has 4 fully saturated rings. The predicted molar refractivity (Wildman–Crippen MR) is 134 cm³/mol. The average molecular weight is 508 g/mol. The molecule has 4 aliphatic rings. The van der Waals surface area contributed by atoms with Crippen LogP contribution in [0.3, 0.4) is 0 Å². The number of esters is 1. The van der Waals surface area contributed by atoms with Crippen molar-refractivity contribution in [2.24, 2.45) is 22.7 Å². The van der Waals surface area contributed by atoms with Gasteiger partial charge in [-0.15, -0.1) is 6.58 Å². The largest absolute Gasteiger partial charge is 0.458 e. The summed E-state index contributed by atoms with van der Waals surface area (Å²) in [7, 11) is 0. The van der Waals surface area contributed by atoms with Crippen LogP contribution in [0.1, 0.15) is 73.6 Å². The van der Waals surface area contributed by atoms with Crippen molar-refractivity contribution < 1.29 is 34.4 Å². The summed E-state index contributed by atoms with van der Waals surface area (Å²) >= 11 is 0.